The monoisotopic (exact) mass is 734 g/mol. The van der Waals surface area contributed by atoms with Crippen molar-refractivity contribution in [2.24, 2.45) is 0 Å². The summed E-state index contributed by atoms with van der Waals surface area (Å²) in [7, 11) is 0. The third kappa shape index (κ3) is 6.35. The number of hydrogen-bond acceptors (Lipinski definition) is 3. The Balaban J connectivity index is 1.30. The zero-order valence-electron chi connectivity index (χ0n) is 32.4. The lowest BCUT2D eigenvalue weighted by Crippen LogP contribution is -2.03. The molecular formula is C53H42N4. The zero-order chi connectivity index (χ0) is 38.9. The van der Waals surface area contributed by atoms with Gasteiger partial charge < -0.3 is 4.57 Å². The maximum atomic E-state index is 5.01. The second-order valence-electron chi connectivity index (χ2n) is 14.3. The molecule has 0 aliphatic rings. The van der Waals surface area contributed by atoms with Crippen molar-refractivity contribution in [2.75, 3.05) is 0 Å². The predicted octanol–water partition coefficient (Wildman–Crippen LogP) is 13.8. The smallest absolute Gasteiger partial charge is 0.164 e. The summed E-state index contributed by atoms with van der Waals surface area (Å²) >= 11 is 0. The molecule has 4 nitrogen and oxygen atoms in total. The van der Waals surface area contributed by atoms with Gasteiger partial charge in [0.25, 0.3) is 0 Å². The van der Waals surface area contributed by atoms with Gasteiger partial charge in [-0.05, 0) is 101 Å². The van der Waals surface area contributed by atoms with Crippen LogP contribution in [0.3, 0.4) is 0 Å². The average Bonchev–Trinajstić information content (AvgIpc) is 3.60. The number of allylic oxidation sites excluding steroid dienone is 5. The van der Waals surface area contributed by atoms with Crippen molar-refractivity contribution in [3.8, 4) is 50.7 Å². The van der Waals surface area contributed by atoms with Crippen LogP contribution in [0.5, 0.6) is 0 Å². The van der Waals surface area contributed by atoms with Crippen LogP contribution in [0.4, 0.5) is 0 Å². The minimum Gasteiger partial charge on any atom is -0.309 e. The second kappa shape index (κ2) is 15.2. The van der Waals surface area contributed by atoms with Crippen molar-refractivity contribution in [1.29, 1.82) is 0 Å². The number of rotatable bonds is 9. The van der Waals surface area contributed by atoms with E-state index in [0.717, 1.165) is 28.8 Å². The Kier molecular flexibility index (Phi) is 9.45. The summed E-state index contributed by atoms with van der Waals surface area (Å²) in [5, 5.41) is 4.98. The number of aryl methyl sites for hydroxylation is 2. The number of hydrogen-bond donors (Lipinski definition) is 0. The molecule has 4 heteroatoms. The predicted molar refractivity (Wildman–Crippen MR) is 241 cm³/mol. The quantitative estimate of drug-likeness (QED) is 0.139. The molecule has 0 aliphatic carbocycles. The molecule has 0 fully saturated rings. The molecule has 0 aliphatic heterocycles. The lowest BCUT2D eigenvalue weighted by Gasteiger charge is -2.21. The maximum Gasteiger partial charge on any atom is 0.164 e. The van der Waals surface area contributed by atoms with Gasteiger partial charge in [-0.1, -0.05) is 153 Å². The summed E-state index contributed by atoms with van der Waals surface area (Å²) in [4.78, 5) is 14.9. The van der Waals surface area contributed by atoms with Crippen molar-refractivity contribution in [3.63, 3.8) is 0 Å². The molecule has 0 spiro atoms. The molecule has 0 N–H and O–H groups in total. The van der Waals surface area contributed by atoms with Crippen LogP contribution in [0.15, 0.2) is 183 Å². The van der Waals surface area contributed by atoms with E-state index < -0.39 is 0 Å². The lowest BCUT2D eigenvalue weighted by molar-refractivity contribution is 1.04. The zero-order valence-corrected chi connectivity index (χ0v) is 32.4. The van der Waals surface area contributed by atoms with E-state index >= 15 is 0 Å². The Morgan fingerprint density at radius 1 is 0.632 bits per heavy atom. The van der Waals surface area contributed by atoms with Crippen LogP contribution in [-0.2, 0) is 6.42 Å². The number of aromatic nitrogens is 4. The minimum atomic E-state index is 0.599. The highest BCUT2D eigenvalue weighted by molar-refractivity contribution is 6.16. The summed E-state index contributed by atoms with van der Waals surface area (Å²) in [6.07, 6.45) is 8.54. The number of para-hydroxylation sites is 1. The highest BCUT2D eigenvalue weighted by Crippen LogP contribution is 2.47. The lowest BCUT2D eigenvalue weighted by atomic mass is 9.83. The first-order valence-corrected chi connectivity index (χ1v) is 19.6. The van der Waals surface area contributed by atoms with Gasteiger partial charge in [0.05, 0.1) is 11.0 Å². The maximum absolute atomic E-state index is 5.01. The Hall–Kier alpha value is -7.17. The van der Waals surface area contributed by atoms with E-state index in [9.17, 15) is 0 Å². The van der Waals surface area contributed by atoms with Crippen LogP contribution in [-0.4, -0.2) is 19.5 Å². The summed E-state index contributed by atoms with van der Waals surface area (Å²) in [6, 6.07) is 54.1. The van der Waals surface area contributed by atoms with Crippen molar-refractivity contribution in [3.05, 3.63) is 199 Å². The van der Waals surface area contributed by atoms with Crippen LogP contribution in [0.25, 0.3) is 88.9 Å². The Morgan fingerprint density at radius 3 is 1.95 bits per heavy atom. The molecule has 0 radical (unpaired) electrons. The van der Waals surface area contributed by atoms with E-state index in [1.165, 1.54) is 66.0 Å². The number of nitrogens with zero attached hydrogens (tertiary/aromatic N) is 4. The molecule has 0 atom stereocenters. The van der Waals surface area contributed by atoms with Crippen LogP contribution in [0.1, 0.15) is 30.8 Å². The summed E-state index contributed by atoms with van der Waals surface area (Å²) in [6.45, 7) is 10.5. The Bertz CT molecular complexity index is 3010. The normalized spacial score (nSPS) is 11.9. The van der Waals surface area contributed by atoms with Crippen LogP contribution in [0, 0.1) is 6.92 Å². The van der Waals surface area contributed by atoms with Crippen molar-refractivity contribution in [1.82, 2.24) is 19.5 Å². The molecule has 0 bridgehead atoms. The summed E-state index contributed by atoms with van der Waals surface area (Å²) in [5.41, 5.74) is 13.8. The second-order valence-corrected chi connectivity index (χ2v) is 14.3. The van der Waals surface area contributed by atoms with Crippen molar-refractivity contribution in [2.45, 2.75) is 27.2 Å². The number of fused-ring (bicyclic) bond motifs is 4. The molecule has 0 saturated carbocycles. The molecule has 0 unspecified atom stereocenters. The van der Waals surface area contributed by atoms with Crippen LogP contribution in [0.2, 0.25) is 0 Å². The SMILES string of the molecule is C=C/C=C(\C=C/C)c1nc(-c2ccccc2)nc(-c2ccc(-n3c4ccccc4c4cc(-c5ccccc5)c(-c5c(C)ccc6ccccc56)c(CC)c43)cc2)n1. The van der Waals surface area contributed by atoms with E-state index in [0.29, 0.717) is 17.5 Å². The van der Waals surface area contributed by atoms with Gasteiger partial charge in [-0.15, -0.1) is 0 Å². The highest BCUT2D eigenvalue weighted by Gasteiger charge is 2.24. The van der Waals surface area contributed by atoms with E-state index in [1.807, 2.05) is 55.5 Å². The molecule has 274 valence electrons. The highest BCUT2D eigenvalue weighted by atomic mass is 15.0. The van der Waals surface area contributed by atoms with E-state index in [2.05, 4.69) is 146 Å². The first kappa shape index (κ1) is 35.5. The fraction of sp³-hybridized carbons (Fsp3) is 0.0755. The Morgan fingerprint density at radius 2 is 1.26 bits per heavy atom. The van der Waals surface area contributed by atoms with E-state index in [1.54, 1.807) is 6.08 Å². The van der Waals surface area contributed by atoms with Crippen molar-refractivity contribution >= 4 is 38.2 Å². The summed E-state index contributed by atoms with van der Waals surface area (Å²) in [5.74, 6) is 1.84. The fourth-order valence-corrected chi connectivity index (χ4v) is 8.28. The topological polar surface area (TPSA) is 43.6 Å². The molecule has 57 heavy (non-hydrogen) atoms. The summed E-state index contributed by atoms with van der Waals surface area (Å²) < 4.78 is 2.46. The first-order chi connectivity index (χ1) is 28.1. The molecule has 2 heterocycles. The van der Waals surface area contributed by atoms with Gasteiger partial charge in [-0.25, -0.2) is 15.0 Å². The molecule has 0 saturated heterocycles. The van der Waals surface area contributed by atoms with Gasteiger partial charge in [0.15, 0.2) is 17.5 Å². The average molecular weight is 735 g/mol. The third-order valence-electron chi connectivity index (χ3n) is 10.8. The van der Waals surface area contributed by atoms with Crippen LogP contribution >= 0.6 is 0 Å². The molecule has 7 aromatic carbocycles. The van der Waals surface area contributed by atoms with Gasteiger partial charge in [0, 0.05) is 33.2 Å². The number of benzene rings is 7. The van der Waals surface area contributed by atoms with E-state index in [4.69, 9.17) is 15.0 Å². The first-order valence-electron chi connectivity index (χ1n) is 19.6. The van der Waals surface area contributed by atoms with Gasteiger partial charge in [0.2, 0.25) is 0 Å². The molecule has 0 amide bonds. The van der Waals surface area contributed by atoms with Gasteiger partial charge in [-0.2, -0.15) is 0 Å². The van der Waals surface area contributed by atoms with Gasteiger partial charge in [0.1, 0.15) is 0 Å². The van der Waals surface area contributed by atoms with Crippen molar-refractivity contribution < 1.29 is 0 Å². The fourth-order valence-electron chi connectivity index (χ4n) is 8.28. The molecular weight excluding hydrogens is 693 g/mol. The van der Waals surface area contributed by atoms with Gasteiger partial charge >= 0.3 is 0 Å². The molecule has 9 aromatic rings. The molecule has 9 rings (SSSR count). The Labute approximate surface area is 333 Å². The molecule has 2 aromatic heterocycles. The minimum absolute atomic E-state index is 0.599. The van der Waals surface area contributed by atoms with E-state index in [-0.39, 0.29) is 0 Å². The standard InChI is InChI=1S/C53H42N4/c1-5-18-38(19-6-2)51-54-52(39-23-12-9-13-24-39)56-53(55-51)40-30-32-41(33-31-40)57-47-27-17-16-26-44(47)46-34-45(36-20-10-8-11-21-36)49(42(7-3)50(46)57)48-35(4)28-29-37-22-14-15-25-43(37)48/h5-6,8-34H,1,7H2,2-4H3/b19-6-,38-18+. The van der Waals surface area contributed by atoms with Gasteiger partial charge in [-0.3, -0.25) is 0 Å². The van der Waals surface area contributed by atoms with Crippen LogP contribution < -0.4 is 0 Å². The largest absolute Gasteiger partial charge is 0.309 e. The third-order valence-corrected chi connectivity index (χ3v) is 10.8.